The average molecular weight is 607 g/mol. The molecule has 4 aromatic rings. The normalized spacial score (nSPS) is 17.3. The molecule has 0 radical (unpaired) electrons. The summed E-state index contributed by atoms with van der Waals surface area (Å²) in [6.45, 7) is -3.17. The van der Waals surface area contributed by atoms with Crippen molar-refractivity contribution in [2.24, 2.45) is 7.05 Å². The number of alkyl halides is 5. The summed E-state index contributed by atoms with van der Waals surface area (Å²) in [5.74, 6) is -0.0199. The summed E-state index contributed by atoms with van der Waals surface area (Å²) in [5, 5.41) is 10.7. The number of hydrogen-bond acceptors (Lipinski definition) is 9. The number of nitrogens with one attached hydrogen (secondary N) is 1. The van der Waals surface area contributed by atoms with Gasteiger partial charge in [-0.05, 0) is 31.7 Å². The number of rotatable bonds is 9. The molecule has 0 bridgehead atoms. The fraction of sp³-hybridized carbons (Fsp3) is 0.423. The first kappa shape index (κ1) is 29.9. The largest absolute Gasteiger partial charge is 0.420 e. The van der Waals surface area contributed by atoms with E-state index in [-0.39, 0.29) is 40.9 Å². The lowest BCUT2D eigenvalue weighted by molar-refractivity contribution is -0.137. The molecule has 1 aliphatic rings. The van der Waals surface area contributed by atoms with Crippen LogP contribution < -0.4 is 10.2 Å². The first-order valence-corrected chi connectivity index (χ1v) is 13.2. The molecular formula is C26H27F5N10O2. The Morgan fingerprint density at radius 1 is 1.09 bits per heavy atom. The molecule has 1 fully saturated rings. The summed E-state index contributed by atoms with van der Waals surface area (Å²) in [6.07, 6.45) is 5.33. The minimum Gasteiger partial charge on any atom is -0.375 e. The highest BCUT2D eigenvalue weighted by Gasteiger charge is 2.37. The predicted octanol–water partition coefficient (Wildman–Crippen LogP) is 4.35. The van der Waals surface area contributed by atoms with Gasteiger partial charge in [0.25, 0.3) is 5.91 Å². The molecule has 228 valence electrons. The van der Waals surface area contributed by atoms with E-state index in [2.05, 4.69) is 35.5 Å². The van der Waals surface area contributed by atoms with Crippen molar-refractivity contribution in [2.45, 2.75) is 50.5 Å². The molecule has 1 N–H and O–H groups in total. The molecule has 0 unspecified atom stereocenters. The molecule has 5 rings (SSSR count). The Morgan fingerprint density at radius 3 is 2.44 bits per heavy atom. The molecule has 4 aromatic heterocycles. The fourth-order valence-electron chi connectivity index (χ4n) is 4.95. The molecule has 0 aromatic carbocycles. The maximum Gasteiger partial charge on any atom is 0.420 e. The van der Waals surface area contributed by atoms with Crippen LogP contribution in [0.4, 0.5) is 33.7 Å². The second-order valence-corrected chi connectivity index (χ2v) is 9.92. The highest BCUT2D eigenvalue weighted by molar-refractivity contribution is 5.94. The molecular weight excluding hydrogens is 579 g/mol. The van der Waals surface area contributed by atoms with E-state index in [1.54, 1.807) is 35.2 Å². The van der Waals surface area contributed by atoms with Crippen LogP contribution in [0.1, 0.15) is 37.8 Å². The lowest BCUT2D eigenvalue weighted by Gasteiger charge is -2.36. The monoisotopic (exact) mass is 606 g/mol. The van der Waals surface area contributed by atoms with Crippen LogP contribution in [0, 0.1) is 0 Å². The topological polar surface area (TPSA) is 129 Å². The molecule has 4 heterocycles. The molecule has 0 spiro atoms. The number of hydrogen-bond donors (Lipinski definition) is 1. The smallest absolute Gasteiger partial charge is 0.375 e. The van der Waals surface area contributed by atoms with Crippen molar-refractivity contribution in [1.82, 2.24) is 39.5 Å². The van der Waals surface area contributed by atoms with E-state index < -0.39 is 24.0 Å². The quantitative estimate of drug-likeness (QED) is 0.277. The number of halogens is 5. The van der Waals surface area contributed by atoms with Crippen molar-refractivity contribution >= 4 is 17.7 Å². The number of aryl methyl sites for hydroxylation is 1. The van der Waals surface area contributed by atoms with Crippen LogP contribution >= 0.6 is 0 Å². The standard InChI is InChI=1S/C26H27F5N10O2/c1-39-13-15(9-35-39)20-11-33-21(12-32-20)41(22(42)14-43-2)17-5-3-16(4-6-17)36-25-34-10-18(26(29,30)31)23(37-25)19-7-8-40(38-19)24(27)28/h7-13,16-17,24H,3-6,14H2,1-2H3,(H,34,36,37). The van der Waals surface area contributed by atoms with Crippen molar-refractivity contribution in [2.75, 3.05) is 23.9 Å². The third-order valence-electron chi connectivity index (χ3n) is 6.96. The van der Waals surface area contributed by atoms with Crippen LogP contribution in [0.5, 0.6) is 0 Å². The lowest BCUT2D eigenvalue weighted by Crippen LogP contribution is -2.46. The number of aromatic nitrogens is 8. The first-order valence-electron chi connectivity index (χ1n) is 13.2. The second kappa shape index (κ2) is 12.4. The van der Waals surface area contributed by atoms with E-state index in [4.69, 9.17) is 4.74 Å². The lowest BCUT2D eigenvalue weighted by atomic mass is 9.90. The molecule has 43 heavy (non-hydrogen) atoms. The Hall–Kier alpha value is -4.54. The Morgan fingerprint density at radius 2 is 1.86 bits per heavy atom. The van der Waals surface area contributed by atoms with Crippen LogP contribution in [0.15, 0.2) is 43.2 Å². The molecule has 1 saturated carbocycles. The Labute approximate surface area is 241 Å². The molecule has 12 nitrogen and oxygen atoms in total. The number of anilines is 2. The summed E-state index contributed by atoms with van der Waals surface area (Å²) in [4.78, 5) is 31.4. The van der Waals surface area contributed by atoms with Crippen molar-refractivity contribution in [3.05, 3.63) is 48.8 Å². The Bertz CT molecular complexity index is 1550. The third-order valence-corrected chi connectivity index (χ3v) is 6.96. The van der Waals surface area contributed by atoms with Crippen LogP contribution in [-0.2, 0) is 22.8 Å². The van der Waals surface area contributed by atoms with E-state index in [1.807, 2.05) is 0 Å². The van der Waals surface area contributed by atoms with Crippen molar-refractivity contribution in [1.29, 1.82) is 0 Å². The Balaban J connectivity index is 1.30. The molecule has 0 atom stereocenters. The van der Waals surface area contributed by atoms with E-state index >= 15 is 0 Å². The van der Waals surface area contributed by atoms with E-state index in [0.29, 0.717) is 43.4 Å². The maximum atomic E-state index is 13.6. The van der Waals surface area contributed by atoms with Crippen LogP contribution in [0.3, 0.4) is 0 Å². The highest BCUT2D eigenvalue weighted by atomic mass is 19.4. The number of ether oxygens (including phenoxy) is 1. The number of carbonyl (C=O) groups excluding carboxylic acids is 1. The number of nitrogens with zero attached hydrogens (tertiary/aromatic N) is 9. The van der Waals surface area contributed by atoms with Gasteiger partial charge >= 0.3 is 12.7 Å². The van der Waals surface area contributed by atoms with Gasteiger partial charge in [-0.25, -0.2) is 19.6 Å². The summed E-state index contributed by atoms with van der Waals surface area (Å²) >= 11 is 0. The van der Waals surface area contributed by atoms with Gasteiger partial charge in [-0.15, -0.1) is 0 Å². The zero-order valence-electron chi connectivity index (χ0n) is 23.0. The van der Waals surface area contributed by atoms with Gasteiger partial charge < -0.3 is 10.1 Å². The second-order valence-electron chi connectivity index (χ2n) is 9.92. The van der Waals surface area contributed by atoms with E-state index in [1.165, 1.54) is 13.3 Å². The van der Waals surface area contributed by atoms with Crippen LogP contribution in [0.2, 0.25) is 0 Å². The zero-order chi connectivity index (χ0) is 30.7. The maximum absolute atomic E-state index is 13.6. The van der Waals surface area contributed by atoms with E-state index in [9.17, 15) is 26.7 Å². The van der Waals surface area contributed by atoms with Gasteiger partial charge in [-0.2, -0.15) is 32.1 Å². The first-order chi connectivity index (χ1) is 20.5. The summed E-state index contributed by atoms with van der Waals surface area (Å²) in [5.41, 5.74) is -0.781. The summed E-state index contributed by atoms with van der Waals surface area (Å²) in [6, 6.07) is 0.579. The van der Waals surface area contributed by atoms with Gasteiger partial charge in [0.2, 0.25) is 5.95 Å². The highest BCUT2D eigenvalue weighted by Crippen LogP contribution is 2.36. The van der Waals surface area contributed by atoms with Crippen LogP contribution in [0.25, 0.3) is 22.6 Å². The molecule has 1 aliphatic carbocycles. The molecule has 17 heteroatoms. The fourth-order valence-corrected chi connectivity index (χ4v) is 4.95. The van der Waals surface area contributed by atoms with Gasteiger partial charge in [-0.3, -0.25) is 19.4 Å². The van der Waals surface area contributed by atoms with Gasteiger partial charge in [0, 0.05) is 50.4 Å². The van der Waals surface area contributed by atoms with Crippen molar-refractivity contribution < 1.29 is 31.5 Å². The minimum atomic E-state index is -4.82. The Kier molecular flexibility index (Phi) is 8.61. The summed E-state index contributed by atoms with van der Waals surface area (Å²) in [7, 11) is 3.21. The van der Waals surface area contributed by atoms with Gasteiger partial charge in [-0.1, -0.05) is 0 Å². The number of carbonyl (C=O) groups is 1. The number of methoxy groups -OCH3 is 1. The van der Waals surface area contributed by atoms with Gasteiger partial charge in [0.05, 0.1) is 24.3 Å². The van der Waals surface area contributed by atoms with Crippen LogP contribution in [-0.4, -0.2) is 71.2 Å². The SMILES string of the molecule is COCC(=O)N(c1cnc(-c2cnn(C)c2)cn1)C1CCC(Nc2ncc(C(F)(F)F)c(-c3ccn(C(F)F)n3)n2)CC1. The van der Waals surface area contributed by atoms with Crippen molar-refractivity contribution in [3.8, 4) is 22.6 Å². The predicted molar refractivity (Wildman–Crippen MR) is 143 cm³/mol. The van der Waals surface area contributed by atoms with Crippen molar-refractivity contribution in [3.63, 3.8) is 0 Å². The van der Waals surface area contributed by atoms with E-state index in [0.717, 1.165) is 17.8 Å². The summed E-state index contributed by atoms with van der Waals surface area (Å²) < 4.78 is 73.9. The molecule has 0 saturated heterocycles. The molecule has 1 amide bonds. The minimum absolute atomic E-state index is 0.0952. The van der Waals surface area contributed by atoms with Gasteiger partial charge in [0.15, 0.2) is 5.82 Å². The molecule has 0 aliphatic heterocycles. The number of amides is 1. The zero-order valence-corrected chi connectivity index (χ0v) is 23.0. The third kappa shape index (κ3) is 6.76. The average Bonchev–Trinajstić information content (AvgIpc) is 3.64. The van der Waals surface area contributed by atoms with Gasteiger partial charge in [0.1, 0.15) is 23.6 Å².